The van der Waals surface area contributed by atoms with E-state index in [0.29, 0.717) is 23.6 Å². The predicted octanol–water partition coefficient (Wildman–Crippen LogP) is 5.90. The van der Waals surface area contributed by atoms with Crippen LogP contribution in [0.3, 0.4) is 0 Å². The van der Waals surface area contributed by atoms with Crippen molar-refractivity contribution in [2.75, 3.05) is 14.2 Å². The van der Waals surface area contributed by atoms with Crippen LogP contribution in [0.2, 0.25) is 0 Å². The van der Waals surface area contributed by atoms with E-state index in [4.69, 9.17) is 14.2 Å². The average molecular weight is 497 g/mol. The largest absolute Gasteiger partial charge is 0.497 e. The molecule has 3 aromatic rings. The van der Waals surface area contributed by atoms with Crippen LogP contribution in [0.4, 0.5) is 4.39 Å². The van der Waals surface area contributed by atoms with Crippen LogP contribution in [0.25, 0.3) is 0 Å². The van der Waals surface area contributed by atoms with E-state index in [1.807, 2.05) is 36.4 Å². The molecule has 0 atom stereocenters. The van der Waals surface area contributed by atoms with E-state index in [-0.39, 0.29) is 24.8 Å². The van der Waals surface area contributed by atoms with Crippen LogP contribution in [-0.4, -0.2) is 14.2 Å². The van der Waals surface area contributed by atoms with Gasteiger partial charge in [0.2, 0.25) is 0 Å². The Balaban J connectivity index is 0.00000320. The third-order valence-electron chi connectivity index (χ3n) is 4.44. The number of methoxy groups -OCH3 is 2. The van der Waals surface area contributed by atoms with Crippen molar-refractivity contribution in [3.05, 3.63) is 87.6 Å². The van der Waals surface area contributed by atoms with Crippen LogP contribution in [0.15, 0.2) is 65.1 Å². The molecule has 4 nitrogen and oxygen atoms in total. The summed E-state index contributed by atoms with van der Waals surface area (Å²) in [4.78, 5) is 0. The lowest BCUT2D eigenvalue weighted by molar-refractivity contribution is 0.277. The number of rotatable bonds is 9. The molecule has 0 aliphatic heterocycles. The fourth-order valence-electron chi connectivity index (χ4n) is 2.88. The second-order valence-corrected chi connectivity index (χ2v) is 7.30. The van der Waals surface area contributed by atoms with Crippen molar-refractivity contribution in [2.24, 2.45) is 0 Å². The lowest BCUT2D eigenvalue weighted by atomic mass is 10.1. The Morgan fingerprint density at radius 1 is 0.900 bits per heavy atom. The summed E-state index contributed by atoms with van der Waals surface area (Å²) >= 11 is 3.54. The normalized spacial score (nSPS) is 10.3. The zero-order valence-electron chi connectivity index (χ0n) is 16.8. The summed E-state index contributed by atoms with van der Waals surface area (Å²) in [7, 11) is 3.24. The molecule has 0 heterocycles. The zero-order valence-corrected chi connectivity index (χ0v) is 19.2. The molecular formula is C23H24BrClFNO3. The summed E-state index contributed by atoms with van der Waals surface area (Å²) in [5.41, 5.74) is 2.70. The third-order valence-corrected chi connectivity index (χ3v) is 5.03. The highest BCUT2D eigenvalue weighted by molar-refractivity contribution is 9.10. The highest BCUT2D eigenvalue weighted by atomic mass is 79.9. The van der Waals surface area contributed by atoms with Crippen LogP contribution < -0.4 is 19.5 Å². The van der Waals surface area contributed by atoms with Gasteiger partial charge in [-0.1, -0.05) is 30.3 Å². The standard InChI is InChI=1S/C23H23BrFNO3.ClH/c1-27-19-9-7-16(8-10-19)13-26-14-17-11-20(24)23(22(12-17)28-2)29-15-18-5-3-4-6-21(18)25;/h3-12,26H,13-15H2,1-2H3;1H. The van der Waals surface area contributed by atoms with Gasteiger partial charge in [0.15, 0.2) is 11.5 Å². The summed E-state index contributed by atoms with van der Waals surface area (Å²) in [6.45, 7) is 1.51. The molecule has 0 amide bonds. The number of hydrogen-bond donors (Lipinski definition) is 1. The molecule has 0 radical (unpaired) electrons. The Hall–Kier alpha value is -2.28. The monoisotopic (exact) mass is 495 g/mol. The zero-order chi connectivity index (χ0) is 20.6. The lowest BCUT2D eigenvalue weighted by Gasteiger charge is -2.15. The van der Waals surface area contributed by atoms with Gasteiger partial charge in [-0.3, -0.25) is 0 Å². The van der Waals surface area contributed by atoms with Gasteiger partial charge in [0.05, 0.1) is 18.7 Å². The minimum absolute atomic E-state index is 0. The molecule has 0 saturated heterocycles. The molecule has 0 saturated carbocycles. The van der Waals surface area contributed by atoms with Gasteiger partial charge in [-0.15, -0.1) is 12.4 Å². The van der Waals surface area contributed by atoms with Crippen LogP contribution in [-0.2, 0) is 19.7 Å². The molecule has 160 valence electrons. The first kappa shape index (κ1) is 24.0. The van der Waals surface area contributed by atoms with E-state index < -0.39 is 0 Å². The minimum Gasteiger partial charge on any atom is -0.497 e. The molecule has 0 aliphatic rings. The third kappa shape index (κ3) is 6.36. The Kier molecular flexibility index (Phi) is 9.43. The maximum atomic E-state index is 13.8. The van der Waals surface area contributed by atoms with Gasteiger partial charge in [0.1, 0.15) is 18.2 Å². The second-order valence-electron chi connectivity index (χ2n) is 6.44. The van der Waals surface area contributed by atoms with E-state index in [0.717, 1.165) is 22.3 Å². The fraction of sp³-hybridized carbons (Fsp3) is 0.217. The molecule has 3 rings (SSSR count). The molecule has 7 heteroatoms. The van der Waals surface area contributed by atoms with Crippen molar-refractivity contribution in [1.29, 1.82) is 0 Å². The molecule has 0 aromatic heterocycles. The quantitative estimate of drug-likeness (QED) is 0.401. The van der Waals surface area contributed by atoms with Gasteiger partial charge in [0.25, 0.3) is 0 Å². The van der Waals surface area contributed by atoms with E-state index in [1.165, 1.54) is 11.6 Å². The Morgan fingerprint density at radius 3 is 2.27 bits per heavy atom. The summed E-state index contributed by atoms with van der Waals surface area (Å²) in [6.07, 6.45) is 0. The highest BCUT2D eigenvalue weighted by Gasteiger charge is 2.13. The van der Waals surface area contributed by atoms with Crippen molar-refractivity contribution in [2.45, 2.75) is 19.7 Å². The average Bonchev–Trinajstić information content (AvgIpc) is 2.74. The smallest absolute Gasteiger partial charge is 0.175 e. The second kappa shape index (κ2) is 11.8. The summed E-state index contributed by atoms with van der Waals surface area (Å²) in [5.74, 6) is 1.70. The lowest BCUT2D eigenvalue weighted by Crippen LogP contribution is -2.13. The fourth-order valence-corrected chi connectivity index (χ4v) is 3.48. The molecular weight excluding hydrogens is 473 g/mol. The molecule has 1 N–H and O–H groups in total. The molecule has 0 aliphatic carbocycles. The number of nitrogens with one attached hydrogen (secondary N) is 1. The van der Waals surface area contributed by atoms with Crippen molar-refractivity contribution in [3.63, 3.8) is 0 Å². The molecule has 0 spiro atoms. The maximum absolute atomic E-state index is 13.8. The van der Waals surface area contributed by atoms with E-state index in [2.05, 4.69) is 21.2 Å². The van der Waals surface area contributed by atoms with E-state index >= 15 is 0 Å². The van der Waals surface area contributed by atoms with E-state index in [1.54, 1.807) is 32.4 Å². The van der Waals surface area contributed by atoms with Gasteiger partial charge < -0.3 is 19.5 Å². The van der Waals surface area contributed by atoms with Crippen LogP contribution in [0.1, 0.15) is 16.7 Å². The first-order valence-electron chi connectivity index (χ1n) is 9.17. The van der Waals surface area contributed by atoms with Gasteiger partial charge in [-0.05, 0) is 57.4 Å². The molecule has 3 aromatic carbocycles. The molecule has 0 unspecified atom stereocenters. The van der Waals surface area contributed by atoms with Crippen molar-refractivity contribution >= 4 is 28.3 Å². The Labute approximate surface area is 190 Å². The van der Waals surface area contributed by atoms with Crippen LogP contribution in [0, 0.1) is 5.82 Å². The highest BCUT2D eigenvalue weighted by Crippen LogP contribution is 2.37. The predicted molar refractivity (Wildman–Crippen MR) is 122 cm³/mol. The first-order chi connectivity index (χ1) is 14.1. The van der Waals surface area contributed by atoms with Crippen LogP contribution in [0.5, 0.6) is 17.2 Å². The first-order valence-corrected chi connectivity index (χ1v) is 9.96. The number of halogens is 3. The van der Waals surface area contributed by atoms with Crippen molar-refractivity contribution in [3.8, 4) is 17.2 Å². The number of benzene rings is 3. The Morgan fingerprint density at radius 2 is 1.60 bits per heavy atom. The molecule has 30 heavy (non-hydrogen) atoms. The van der Waals surface area contributed by atoms with Crippen molar-refractivity contribution < 1.29 is 18.6 Å². The van der Waals surface area contributed by atoms with Gasteiger partial charge in [0, 0.05) is 18.7 Å². The topological polar surface area (TPSA) is 39.7 Å². The van der Waals surface area contributed by atoms with Gasteiger partial charge in [-0.2, -0.15) is 0 Å². The van der Waals surface area contributed by atoms with E-state index in [9.17, 15) is 4.39 Å². The summed E-state index contributed by atoms with van der Waals surface area (Å²) in [6, 6.07) is 18.4. The maximum Gasteiger partial charge on any atom is 0.175 e. The summed E-state index contributed by atoms with van der Waals surface area (Å²) < 4.78 is 31.1. The van der Waals surface area contributed by atoms with Gasteiger partial charge in [-0.25, -0.2) is 4.39 Å². The number of ether oxygens (including phenoxy) is 3. The SMILES string of the molecule is COc1ccc(CNCc2cc(Br)c(OCc3ccccc3F)c(OC)c2)cc1.Cl. The molecule has 0 bridgehead atoms. The summed E-state index contributed by atoms with van der Waals surface area (Å²) in [5, 5.41) is 3.41. The van der Waals surface area contributed by atoms with Crippen LogP contribution >= 0.6 is 28.3 Å². The molecule has 0 fully saturated rings. The number of hydrogen-bond acceptors (Lipinski definition) is 4. The van der Waals surface area contributed by atoms with Crippen molar-refractivity contribution in [1.82, 2.24) is 5.32 Å². The minimum atomic E-state index is -0.290. The Bertz CT molecular complexity index is 954. The van der Waals surface area contributed by atoms with Gasteiger partial charge >= 0.3 is 0 Å².